The first-order valence-corrected chi connectivity index (χ1v) is 8.43. The molecule has 24 heavy (non-hydrogen) atoms. The summed E-state index contributed by atoms with van der Waals surface area (Å²) in [6, 6.07) is 7.91. The lowest BCUT2D eigenvalue weighted by molar-refractivity contribution is -0.125. The van der Waals surface area contributed by atoms with Gasteiger partial charge in [0.05, 0.1) is 18.7 Å². The lowest BCUT2D eigenvalue weighted by atomic mass is 9.99. The van der Waals surface area contributed by atoms with Crippen molar-refractivity contribution in [2.75, 3.05) is 26.2 Å². The van der Waals surface area contributed by atoms with Crippen LogP contribution in [0.5, 0.6) is 5.75 Å². The average Bonchev–Trinajstić information content (AvgIpc) is 3.06. The number of carbonyl (C=O) groups excluding carboxylic acids is 1. The minimum absolute atomic E-state index is 0.0904. The van der Waals surface area contributed by atoms with E-state index in [0.717, 1.165) is 42.8 Å². The zero-order valence-electron chi connectivity index (χ0n) is 14.0. The number of aryl methyl sites for hydroxylation is 1. The number of hydrogen-bond donors (Lipinski definition) is 2. The fourth-order valence-electron chi connectivity index (χ4n) is 2.90. The van der Waals surface area contributed by atoms with E-state index in [1.807, 2.05) is 43.7 Å². The predicted molar refractivity (Wildman–Crippen MR) is 92.7 cm³/mol. The molecule has 1 atom stereocenters. The van der Waals surface area contributed by atoms with Crippen LogP contribution in [0.1, 0.15) is 12.8 Å². The molecule has 2 N–H and O–H groups in total. The minimum Gasteiger partial charge on any atom is -0.492 e. The van der Waals surface area contributed by atoms with Crippen LogP contribution in [0.2, 0.25) is 0 Å². The summed E-state index contributed by atoms with van der Waals surface area (Å²) in [7, 11) is 1.90. The highest BCUT2D eigenvalue weighted by molar-refractivity contribution is 5.78. The van der Waals surface area contributed by atoms with E-state index < -0.39 is 0 Å². The number of rotatable bonds is 6. The average molecular weight is 328 g/mol. The molecule has 3 rings (SSSR count). The number of piperidine rings is 1. The molecule has 2 heterocycles. The topological polar surface area (TPSA) is 68.2 Å². The third kappa shape index (κ3) is 4.35. The summed E-state index contributed by atoms with van der Waals surface area (Å²) >= 11 is 0. The molecule has 0 saturated carbocycles. The normalized spacial score (nSPS) is 17.5. The molecule has 1 aromatic carbocycles. The molecule has 6 nitrogen and oxygen atoms in total. The van der Waals surface area contributed by atoms with Gasteiger partial charge in [-0.2, -0.15) is 5.10 Å². The van der Waals surface area contributed by atoms with Crippen molar-refractivity contribution < 1.29 is 9.53 Å². The summed E-state index contributed by atoms with van der Waals surface area (Å²) in [6.45, 7) is 2.77. The highest BCUT2D eigenvalue weighted by Gasteiger charge is 2.20. The quantitative estimate of drug-likeness (QED) is 0.790. The second-order valence-corrected chi connectivity index (χ2v) is 6.11. The number of nitrogens with zero attached hydrogens (tertiary/aromatic N) is 2. The molecule has 1 amide bonds. The van der Waals surface area contributed by atoms with E-state index in [9.17, 15) is 4.79 Å². The number of benzene rings is 1. The molecule has 128 valence electrons. The van der Waals surface area contributed by atoms with Gasteiger partial charge < -0.3 is 15.4 Å². The summed E-state index contributed by atoms with van der Waals surface area (Å²) in [5, 5.41) is 10.4. The van der Waals surface area contributed by atoms with Crippen LogP contribution in [0.25, 0.3) is 11.1 Å². The number of ether oxygens (including phenoxy) is 1. The number of aromatic nitrogens is 2. The lowest BCUT2D eigenvalue weighted by Crippen LogP contribution is -2.41. The number of amides is 1. The SMILES string of the molecule is Cn1cc(-c2cccc(OCCNC(=O)C3CCCNC3)c2)cn1. The van der Waals surface area contributed by atoms with E-state index in [1.54, 1.807) is 4.68 Å². The molecule has 1 saturated heterocycles. The summed E-state index contributed by atoms with van der Waals surface area (Å²) < 4.78 is 7.53. The molecule has 6 heteroatoms. The van der Waals surface area contributed by atoms with Gasteiger partial charge in [0.25, 0.3) is 0 Å². The fourth-order valence-corrected chi connectivity index (χ4v) is 2.90. The molecule has 1 aromatic heterocycles. The van der Waals surface area contributed by atoms with E-state index in [-0.39, 0.29) is 11.8 Å². The minimum atomic E-state index is 0.0904. The van der Waals surface area contributed by atoms with Crippen molar-refractivity contribution in [1.29, 1.82) is 0 Å². The van der Waals surface area contributed by atoms with Crippen molar-refractivity contribution in [3.05, 3.63) is 36.7 Å². The van der Waals surface area contributed by atoms with Crippen molar-refractivity contribution in [2.24, 2.45) is 13.0 Å². The molecular weight excluding hydrogens is 304 g/mol. The zero-order chi connectivity index (χ0) is 16.8. The second kappa shape index (κ2) is 7.97. The Morgan fingerprint density at radius 3 is 3.12 bits per heavy atom. The summed E-state index contributed by atoms with van der Waals surface area (Å²) in [5.41, 5.74) is 2.12. The molecule has 1 aliphatic rings. The van der Waals surface area contributed by atoms with Gasteiger partial charge >= 0.3 is 0 Å². The fraction of sp³-hybridized carbons (Fsp3) is 0.444. The molecule has 1 unspecified atom stereocenters. The van der Waals surface area contributed by atoms with E-state index in [0.29, 0.717) is 13.2 Å². The maximum Gasteiger partial charge on any atom is 0.224 e. The Kier molecular flexibility index (Phi) is 5.48. The Morgan fingerprint density at radius 2 is 2.38 bits per heavy atom. The van der Waals surface area contributed by atoms with E-state index in [1.165, 1.54) is 0 Å². The van der Waals surface area contributed by atoms with Crippen molar-refractivity contribution in [1.82, 2.24) is 20.4 Å². The smallest absolute Gasteiger partial charge is 0.224 e. The van der Waals surface area contributed by atoms with Crippen LogP contribution in [-0.4, -0.2) is 41.9 Å². The standard InChI is InChI=1S/C18H24N4O2/c1-22-13-16(12-21-22)14-4-2-6-17(10-14)24-9-8-20-18(23)15-5-3-7-19-11-15/h2,4,6,10,12-13,15,19H,3,5,7-9,11H2,1H3,(H,20,23). The maximum atomic E-state index is 12.0. The van der Waals surface area contributed by atoms with E-state index >= 15 is 0 Å². The number of nitrogens with one attached hydrogen (secondary N) is 2. The van der Waals surface area contributed by atoms with Crippen LogP contribution in [0, 0.1) is 5.92 Å². The van der Waals surface area contributed by atoms with Crippen LogP contribution in [-0.2, 0) is 11.8 Å². The van der Waals surface area contributed by atoms with Crippen molar-refractivity contribution in [3.8, 4) is 16.9 Å². The molecule has 0 radical (unpaired) electrons. The summed E-state index contributed by atoms with van der Waals surface area (Å²) in [4.78, 5) is 12.0. The third-order valence-electron chi connectivity index (χ3n) is 4.21. The third-order valence-corrected chi connectivity index (χ3v) is 4.21. The monoisotopic (exact) mass is 328 g/mol. The molecule has 0 bridgehead atoms. The maximum absolute atomic E-state index is 12.0. The van der Waals surface area contributed by atoms with Gasteiger partial charge in [-0.1, -0.05) is 12.1 Å². The Morgan fingerprint density at radius 1 is 1.46 bits per heavy atom. The van der Waals surface area contributed by atoms with Crippen LogP contribution in [0.3, 0.4) is 0 Å². The first-order chi connectivity index (χ1) is 11.7. The highest BCUT2D eigenvalue weighted by atomic mass is 16.5. The van der Waals surface area contributed by atoms with Crippen molar-refractivity contribution in [3.63, 3.8) is 0 Å². The van der Waals surface area contributed by atoms with Gasteiger partial charge in [-0.15, -0.1) is 0 Å². The Hall–Kier alpha value is -2.34. The highest BCUT2D eigenvalue weighted by Crippen LogP contribution is 2.23. The van der Waals surface area contributed by atoms with Gasteiger partial charge in [-0.25, -0.2) is 0 Å². The molecule has 1 fully saturated rings. The predicted octanol–water partition coefficient (Wildman–Crippen LogP) is 1.58. The van der Waals surface area contributed by atoms with Crippen LogP contribution in [0.4, 0.5) is 0 Å². The van der Waals surface area contributed by atoms with Crippen LogP contribution in [0.15, 0.2) is 36.7 Å². The zero-order valence-corrected chi connectivity index (χ0v) is 14.0. The van der Waals surface area contributed by atoms with Gasteiger partial charge in [0.1, 0.15) is 12.4 Å². The van der Waals surface area contributed by atoms with Crippen LogP contribution >= 0.6 is 0 Å². The lowest BCUT2D eigenvalue weighted by Gasteiger charge is -2.21. The van der Waals surface area contributed by atoms with Gasteiger partial charge in [0.15, 0.2) is 0 Å². The molecule has 0 aliphatic carbocycles. The second-order valence-electron chi connectivity index (χ2n) is 6.11. The Bertz CT molecular complexity index is 677. The van der Waals surface area contributed by atoms with E-state index in [2.05, 4.69) is 15.7 Å². The van der Waals surface area contributed by atoms with Gasteiger partial charge in [-0.05, 0) is 37.1 Å². The molecular formula is C18H24N4O2. The van der Waals surface area contributed by atoms with Gasteiger partial charge in [0.2, 0.25) is 5.91 Å². The molecule has 2 aromatic rings. The molecule has 1 aliphatic heterocycles. The number of carbonyl (C=O) groups is 1. The largest absolute Gasteiger partial charge is 0.492 e. The Balaban J connectivity index is 1.46. The summed E-state index contributed by atoms with van der Waals surface area (Å²) in [5.74, 6) is 1.01. The van der Waals surface area contributed by atoms with E-state index in [4.69, 9.17) is 4.74 Å². The van der Waals surface area contributed by atoms with Crippen molar-refractivity contribution >= 4 is 5.91 Å². The van der Waals surface area contributed by atoms with Crippen LogP contribution < -0.4 is 15.4 Å². The summed E-state index contributed by atoms with van der Waals surface area (Å²) in [6.07, 6.45) is 5.83. The van der Waals surface area contributed by atoms with Crippen molar-refractivity contribution in [2.45, 2.75) is 12.8 Å². The number of hydrogen-bond acceptors (Lipinski definition) is 4. The first kappa shape index (κ1) is 16.5. The molecule has 0 spiro atoms. The Labute approximate surface area is 142 Å². The van der Waals surface area contributed by atoms with Gasteiger partial charge in [0, 0.05) is 25.4 Å². The first-order valence-electron chi connectivity index (χ1n) is 8.43. The van der Waals surface area contributed by atoms with Gasteiger partial charge in [-0.3, -0.25) is 9.48 Å².